The van der Waals surface area contributed by atoms with Gasteiger partial charge in [0, 0.05) is 49.9 Å². The maximum atomic E-state index is 0. The molecular weight excluding hydrogens is 423 g/mol. The first-order valence-corrected chi connectivity index (χ1v) is 0. The maximum absolute atomic E-state index is 0. The van der Waals surface area contributed by atoms with Gasteiger partial charge >= 0.3 is 40.6 Å². The van der Waals surface area contributed by atoms with Gasteiger partial charge in [-0.3, -0.25) is 0 Å². The van der Waals surface area contributed by atoms with Crippen LogP contribution in [0.2, 0.25) is 0 Å². The first kappa shape index (κ1) is 66.0. The van der Waals surface area contributed by atoms with Gasteiger partial charge in [0.25, 0.3) is 0 Å². The van der Waals surface area contributed by atoms with Crippen LogP contribution in [0.3, 0.4) is 0 Å². The molecule has 0 aliphatic rings. The summed E-state index contributed by atoms with van der Waals surface area (Å²) in [5.41, 5.74) is 0. The molecule has 0 rings (SSSR count). The maximum Gasteiger partial charge on any atom is 4.00 e. The van der Waals surface area contributed by atoms with Crippen LogP contribution in [0, 0.1) is 0 Å². The van der Waals surface area contributed by atoms with Crippen molar-refractivity contribution < 1.29 is 32.7 Å². The van der Waals surface area contributed by atoms with E-state index in [9.17, 15) is 0 Å². The summed E-state index contributed by atoms with van der Waals surface area (Å²) < 4.78 is 0. The zero-order valence-electron chi connectivity index (χ0n) is 2.17. The summed E-state index contributed by atoms with van der Waals surface area (Å²) in [4.78, 5) is 0. The second-order valence-electron chi connectivity index (χ2n) is 0. The Hall–Kier alpha value is 2.90. The molecule has 0 unspecified atom stereocenters. The van der Waals surface area contributed by atoms with Gasteiger partial charge in [-0.05, 0) is 0 Å². The summed E-state index contributed by atoms with van der Waals surface area (Å²) in [6, 6.07) is 0. The van der Waals surface area contributed by atoms with Crippen molar-refractivity contribution in [1.82, 2.24) is 0 Å². The van der Waals surface area contributed by atoms with Gasteiger partial charge in [0.05, 0.1) is 0 Å². The number of hydrogen-bond donors (Lipinski definition) is 0. The molecule has 2 nitrogen and oxygen atoms in total. The van der Waals surface area contributed by atoms with E-state index >= 15 is 0 Å². The van der Waals surface area contributed by atoms with Crippen LogP contribution in [0.5, 0.6) is 0 Å². The third-order valence-corrected chi connectivity index (χ3v) is 0. The second-order valence-corrected chi connectivity index (χ2v) is 0. The van der Waals surface area contributed by atoms with Crippen LogP contribution in [0.4, 0.5) is 0 Å². The molecule has 0 aromatic rings. The molecule has 0 atom stereocenters. The zero-order chi connectivity index (χ0) is 0. The topological polar surface area (TPSA) is 57.0 Å². The molecule has 0 aliphatic carbocycles. The van der Waals surface area contributed by atoms with Crippen molar-refractivity contribution in [2.45, 2.75) is 0 Å². The Morgan fingerprint density at radius 3 is 0.833 bits per heavy atom. The van der Waals surface area contributed by atoms with Gasteiger partial charge in [-0.25, -0.2) is 0 Å². The Labute approximate surface area is 99.7 Å². The molecule has 0 N–H and O–H groups in total. The van der Waals surface area contributed by atoms with Gasteiger partial charge < -0.3 is 11.0 Å². The molecule has 0 saturated carbocycles. The van der Waals surface area contributed by atoms with Crippen molar-refractivity contribution in [3.8, 4) is 0 Å². The fourth-order valence-corrected chi connectivity index (χ4v) is 0. The molecule has 0 aliphatic heterocycles. The summed E-state index contributed by atoms with van der Waals surface area (Å²) >= 11 is 0. The van der Waals surface area contributed by atoms with Crippen molar-refractivity contribution in [2.24, 2.45) is 0 Å². The molecule has 6 heavy (non-hydrogen) atoms. The van der Waals surface area contributed by atoms with E-state index in [0.717, 1.165) is 0 Å². The molecule has 6 heteroatoms. The third-order valence-electron chi connectivity index (χ3n) is 0. The van der Waals surface area contributed by atoms with E-state index in [4.69, 9.17) is 0 Å². The first-order chi connectivity index (χ1) is 0. The summed E-state index contributed by atoms with van der Waals surface area (Å²) in [7, 11) is 0. The summed E-state index contributed by atoms with van der Waals surface area (Å²) in [5.74, 6) is 0. The minimum absolute atomic E-state index is 0. The predicted molar refractivity (Wildman–Crippen MR) is 20.0 cm³/mol. The van der Waals surface area contributed by atoms with E-state index in [0.29, 0.717) is 0 Å². The van der Waals surface area contributed by atoms with Crippen LogP contribution in [0.15, 0.2) is 0 Å². The fraction of sp³-hybridized carbons (Fsp3) is 0. The van der Waals surface area contributed by atoms with Crippen LogP contribution in [0.25, 0.3) is 0 Å². The minimum Gasteiger partial charge on any atom is -2.00 e. The van der Waals surface area contributed by atoms with E-state index in [1.54, 1.807) is 0 Å². The second kappa shape index (κ2) is 44.7. The smallest absolute Gasteiger partial charge is 2.00 e. The average molecular weight is 424 g/mol. The van der Waals surface area contributed by atoms with Gasteiger partial charge in [-0.1, -0.05) is 0 Å². The largest absolute Gasteiger partial charge is 4.00 e. The van der Waals surface area contributed by atoms with Crippen LogP contribution in [-0.4, -0.2) is 68.7 Å². The minimum atomic E-state index is 0. The molecule has 0 spiro atoms. The molecule has 0 aromatic carbocycles. The predicted octanol–water partition coefficient (Wildman–Crippen LogP) is -1.65. The summed E-state index contributed by atoms with van der Waals surface area (Å²) in [6.45, 7) is 0. The van der Waals surface area contributed by atoms with Gasteiger partial charge in [0.1, 0.15) is 0 Å². The Kier molecular flexibility index (Phi) is 491. The normalized spacial score (nSPS) is 0. The Morgan fingerprint density at radius 2 is 0.833 bits per heavy atom. The molecule has 5 radical (unpaired) electrons. The van der Waals surface area contributed by atoms with Gasteiger partial charge in [0.2, 0.25) is 0 Å². The van der Waals surface area contributed by atoms with Crippen molar-refractivity contribution in [3.05, 3.63) is 0 Å². The van der Waals surface area contributed by atoms with Crippen LogP contribution in [-0.2, 0) is 32.7 Å². The average Bonchev–Trinajstić information content (AvgIpc) is 0. The molecule has 0 amide bonds. The molecule has 0 saturated heterocycles. The van der Waals surface area contributed by atoms with Crippen molar-refractivity contribution in [2.75, 3.05) is 0 Å². The third kappa shape index (κ3) is 28.5. The van der Waals surface area contributed by atoms with E-state index in [1.165, 1.54) is 0 Å². The van der Waals surface area contributed by atoms with Crippen LogP contribution in [0.1, 0.15) is 0 Å². The SMILES string of the molecule is [Bi].[LiH].[O-2].[O-2].[Te].[Ti+4]. The van der Waals surface area contributed by atoms with Gasteiger partial charge in [-0.15, -0.1) is 0 Å². The fourth-order valence-electron chi connectivity index (χ4n) is 0. The van der Waals surface area contributed by atoms with Gasteiger partial charge in [0.15, 0.2) is 0 Å². The Balaban J connectivity index is 0. The number of rotatable bonds is 0. The van der Waals surface area contributed by atoms with Crippen molar-refractivity contribution in [1.29, 1.82) is 0 Å². The Bertz CT molecular complexity index is 13.5. The van der Waals surface area contributed by atoms with Crippen molar-refractivity contribution in [3.63, 3.8) is 0 Å². The molecule has 29 valence electrons. The van der Waals surface area contributed by atoms with E-state index in [-0.39, 0.29) is 101 Å². The van der Waals surface area contributed by atoms with Crippen LogP contribution < -0.4 is 0 Å². The number of hydrogen-bond acceptors (Lipinski definition) is 0. The van der Waals surface area contributed by atoms with Crippen molar-refractivity contribution >= 4 is 68.7 Å². The van der Waals surface area contributed by atoms with Gasteiger partial charge in [-0.2, -0.15) is 0 Å². The Morgan fingerprint density at radius 1 is 0.833 bits per heavy atom. The molecule has 0 heterocycles. The first-order valence-electron chi connectivity index (χ1n) is 0. The van der Waals surface area contributed by atoms with E-state index in [2.05, 4.69) is 0 Å². The summed E-state index contributed by atoms with van der Waals surface area (Å²) in [5, 5.41) is 0. The molecular formula is HBiLiO2TeTi. The monoisotopic (exact) mass is 427 g/mol. The molecule has 0 aromatic heterocycles. The zero-order valence-corrected chi connectivity index (χ0v) is 9.54. The van der Waals surface area contributed by atoms with Crippen LogP contribution >= 0.6 is 0 Å². The molecule has 0 fully saturated rings. The standard InChI is InChI=1S/Bi.Li.2O.Te.Ti.H/q;;2*-2;;+4;. The molecule has 0 bridgehead atoms. The quantitative estimate of drug-likeness (QED) is 0.419. The van der Waals surface area contributed by atoms with E-state index in [1.807, 2.05) is 0 Å². The summed E-state index contributed by atoms with van der Waals surface area (Å²) in [6.07, 6.45) is 0. The van der Waals surface area contributed by atoms with E-state index < -0.39 is 0 Å².